The van der Waals surface area contributed by atoms with E-state index in [2.05, 4.69) is 185 Å². The molecule has 7 aromatic carbocycles. The summed E-state index contributed by atoms with van der Waals surface area (Å²) in [6.45, 7) is 11.4. The Kier molecular flexibility index (Phi) is 9.63. The predicted octanol–water partition coefficient (Wildman–Crippen LogP) is 14.8. The van der Waals surface area contributed by atoms with Crippen LogP contribution in [0.3, 0.4) is 0 Å². The molecule has 10 aromatic rings. The van der Waals surface area contributed by atoms with Crippen LogP contribution < -0.4 is 0 Å². The second kappa shape index (κ2) is 15.3. The minimum Gasteiger partial charge on any atom is -0.309 e. The molecule has 3 heterocycles. The van der Waals surface area contributed by atoms with Gasteiger partial charge in [-0.25, -0.2) is 0 Å². The fraction of sp³-hybridized carbons (Fsp3) is 0.0377. The molecule has 5 heteroatoms. The molecule has 0 saturated heterocycles. The molecule has 278 valence electrons. The van der Waals surface area contributed by atoms with Crippen molar-refractivity contribution in [3.63, 3.8) is 0 Å². The third-order valence-corrected chi connectivity index (χ3v) is 11.6. The number of nitrogens with zero attached hydrogens (tertiary/aromatic N) is 4. The number of para-hydroxylation sites is 3. The zero-order chi connectivity index (χ0) is 39.8. The molecule has 0 spiro atoms. The maximum absolute atomic E-state index is 9.26. The molecular weight excluding hydrogens is 725 g/mol. The minimum atomic E-state index is 0.666. The average Bonchev–Trinajstić information content (AvgIpc) is 3.88. The molecular formula is C53H40N4S. The van der Waals surface area contributed by atoms with E-state index in [-0.39, 0.29) is 0 Å². The van der Waals surface area contributed by atoms with Crippen LogP contribution in [0.4, 0.5) is 0 Å². The van der Waals surface area contributed by atoms with Gasteiger partial charge in [0.25, 0.3) is 0 Å². The second-order valence-corrected chi connectivity index (χ2v) is 15.3. The number of allylic oxidation sites excluding steroid dienone is 6. The number of fused-ring (bicyclic) bond motifs is 9. The second-order valence-electron chi connectivity index (χ2n) is 14.1. The summed E-state index contributed by atoms with van der Waals surface area (Å²) in [5.41, 5.74) is 10.9. The Balaban J connectivity index is 0.00000141. The van der Waals surface area contributed by atoms with E-state index in [9.17, 15) is 5.26 Å². The van der Waals surface area contributed by atoms with Gasteiger partial charge in [-0.15, -0.1) is 6.58 Å². The van der Waals surface area contributed by atoms with Crippen LogP contribution in [0.2, 0.25) is 0 Å². The van der Waals surface area contributed by atoms with Gasteiger partial charge >= 0.3 is 0 Å². The lowest BCUT2D eigenvalue weighted by molar-refractivity contribution is 1.17. The highest BCUT2D eigenvalue weighted by atomic mass is 32.2. The summed E-state index contributed by atoms with van der Waals surface area (Å²) in [5, 5.41) is 16.5. The van der Waals surface area contributed by atoms with Crippen LogP contribution in [0.5, 0.6) is 0 Å². The summed E-state index contributed by atoms with van der Waals surface area (Å²) >= 11 is 1.70. The predicted molar refractivity (Wildman–Crippen MR) is 249 cm³/mol. The van der Waals surface area contributed by atoms with Gasteiger partial charge in [0.05, 0.1) is 44.7 Å². The lowest BCUT2D eigenvalue weighted by Gasteiger charge is -2.11. The van der Waals surface area contributed by atoms with Crippen LogP contribution in [0, 0.1) is 11.3 Å². The van der Waals surface area contributed by atoms with Crippen molar-refractivity contribution in [2.75, 3.05) is 0 Å². The molecule has 0 saturated carbocycles. The molecule has 0 aliphatic rings. The minimum absolute atomic E-state index is 0.666. The molecule has 0 amide bonds. The fourth-order valence-corrected chi connectivity index (χ4v) is 9.06. The standard InChI is InChI=1S/C50H34N4S.C3H6/c1-3-12-34(13-4-2)52-45-18-10-8-16-39(45)41-28-49-43(30-47(41)52)44-31-48-42(40-17-9-11-19-46(40)53(48)35-14-6-5-7-15-35)29-50(44)54(49)36-22-26-38(27-23-36)55-37-24-20-33(32-51)21-25-37;1-3-2/h3-31H,1H2,2H3;3H,1H2,2H3/b13-4-,34-12+;. The van der Waals surface area contributed by atoms with E-state index in [0.717, 1.165) is 48.9 Å². The SMILES string of the molecule is C=C/C=C(\C=C/C)n1c2ccccc2c2cc3c(cc21)c1cc2c(cc1n3-c1ccc(Sc3ccc(C#N)cc3)cc1)c1ccccc1n2-c1ccccc1.C=CC. The highest BCUT2D eigenvalue weighted by Crippen LogP contribution is 2.43. The first-order valence-electron chi connectivity index (χ1n) is 19.4. The molecule has 0 N–H and O–H groups in total. The van der Waals surface area contributed by atoms with Gasteiger partial charge in [-0.3, -0.25) is 0 Å². The molecule has 4 nitrogen and oxygen atoms in total. The van der Waals surface area contributed by atoms with Crippen molar-refractivity contribution in [1.29, 1.82) is 5.26 Å². The number of hydrogen-bond acceptors (Lipinski definition) is 2. The van der Waals surface area contributed by atoms with E-state index in [0.29, 0.717) is 5.56 Å². The van der Waals surface area contributed by atoms with E-state index in [4.69, 9.17) is 0 Å². The number of hydrogen-bond donors (Lipinski definition) is 0. The monoisotopic (exact) mass is 764 g/mol. The molecule has 0 bridgehead atoms. The normalized spacial score (nSPS) is 11.8. The molecule has 0 aliphatic carbocycles. The summed E-state index contributed by atoms with van der Waals surface area (Å²) in [6.07, 6.45) is 9.94. The maximum atomic E-state index is 9.26. The van der Waals surface area contributed by atoms with Crippen molar-refractivity contribution >= 4 is 82.9 Å². The van der Waals surface area contributed by atoms with Crippen molar-refractivity contribution in [3.05, 3.63) is 201 Å². The van der Waals surface area contributed by atoms with E-state index in [1.165, 1.54) is 43.4 Å². The lowest BCUT2D eigenvalue weighted by Crippen LogP contribution is -1.95. The zero-order valence-electron chi connectivity index (χ0n) is 32.4. The topological polar surface area (TPSA) is 38.6 Å². The van der Waals surface area contributed by atoms with Crippen LogP contribution in [-0.2, 0) is 0 Å². The van der Waals surface area contributed by atoms with Gasteiger partial charge in [-0.05, 0) is 123 Å². The van der Waals surface area contributed by atoms with Crippen molar-refractivity contribution in [1.82, 2.24) is 13.7 Å². The third-order valence-electron chi connectivity index (χ3n) is 10.6. The van der Waals surface area contributed by atoms with Crippen molar-refractivity contribution in [2.45, 2.75) is 23.6 Å². The van der Waals surface area contributed by atoms with Gasteiger partial charge in [0, 0.05) is 59.2 Å². The van der Waals surface area contributed by atoms with E-state index >= 15 is 0 Å². The number of rotatable bonds is 7. The number of nitriles is 1. The number of aromatic nitrogens is 3. The smallest absolute Gasteiger partial charge is 0.0991 e. The Morgan fingerprint density at radius 3 is 1.59 bits per heavy atom. The number of benzene rings is 7. The van der Waals surface area contributed by atoms with Crippen molar-refractivity contribution < 1.29 is 0 Å². The van der Waals surface area contributed by atoms with E-state index < -0.39 is 0 Å². The van der Waals surface area contributed by atoms with Gasteiger partial charge in [0.1, 0.15) is 0 Å². The Bertz CT molecular complexity index is 3290. The third kappa shape index (κ3) is 6.12. The van der Waals surface area contributed by atoms with Gasteiger partial charge in [0.15, 0.2) is 0 Å². The largest absolute Gasteiger partial charge is 0.309 e. The maximum Gasteiger partial charge on any atom is 0.0991 e. The Labute approximate surface area is 342 Å². The van der Waals surface area contributed by atoms with Crippen LogP contribution in [-0.4, -0.2) is 13.7 Å². The van der Waals surface area contributed by atoms with E-state index in [1.54, 1.807) is 17.8 Å². The summed E-state index contributed by atoms with van der Waals surface area (Å²) in [5.74, 6) is 0. The fourth-order valence-electron chi connectivity index (χ4n) is 8.24. The molecule has 3 aromatic heterocycles. The van der Waals surface area contributed by atoms with Crippen LogP contribution in [0.15, 0.2) is 205 Å². The van der Waals surface area contributed by atoms with Crippen molar-refractivity contribution in [2.24, 2.45) is 0 Å². The van der Waals surface area contributed by atoms with Crippen LogP contribution >= 0.6 is 11.8 Å². The summed E-state index contributed by atoms with van der Waals surface area (Å²) < 4.78 is 7.20. The average molecular weight is 765 g/mol. The zero-order valence-corrected chi connectivity index (χ0v) is 33.2. The highest BCUT2D eigenvalue weighted by Gasteiger charge is 2.21. The van der Waals surface area contributed by atoms with E-state index in [1.807, 2.05) is 37.3 Å². The summed E-state index contributed by atoms with van der Waals surface area (Å²) in [6, 6.07) is 56.5. The summed E-state index contributed by atoms with van der Waals surface area (Å²) in [4.78, 5) is 2.24. The Hall–Kier alpha value is -7.26. The lowest BCUT2D eigenvalue weighted by atomic mass is 10.1. The molecule has 0 atom stereocenters. The van der Waals surface area contributed by atoms with Gasteiger partial charge in [-0.2, -0.15) is 5.26 Å². The van der Waals surface area contributed by atoms with Gasteiger partial charge in [0.2, 0.25) is 0 Å². The quantitative estimate of drug-likeness (QED) is 0.120. The molecule has 0 radical (unpaired) electrons. The molecule has 10 rings (SSSR count). The Morgan fingerprint density at radius 2 is 1.00 bits per heavy atom. The first kappa shape index (κ1) is 36.4. The molecule has 0 unspecified atom stereocenters. The Morgan fingerprint density at radius 1 is 0.534 bits per heavy atom. The molecule has 0 fully saturated rings. The van der Waals surface area contributed by atoms with Crippen LogP contribution in [0.25, 0.3) is 82.5 Å². The van der Waals surface area contributed by atoms with Crippen LogP contribution in [0.1, 0.15) is 19.4 Å². The van der Waals surface area contributed by atoms with Crippen molar-refractivity contribution in [3.8, 4) is 17.4 Å². The van der Waals surface area contributed by atoms with Gasteiger partial charge in [-0.1, -0.05) is 91.2 Å². The first-order valence-corrected chi connectivity index (χ1v) is 20.2. The first-order chi connectivity index (χ1) is 28.6. The molecule has 58 heavy (non-hydrogen) atoms. The summed E-state index contributed by atoms with van der Waals surface area (Å²) in [7, 11) is 0. The van der Waals surface area contributed by atoms with Gasteiger partial charge < -0.3 is 13.7 Å². The highest BCUT2D eigenvalue weighted by molar-refractivity contribution is 7.99. The molecule has 0 aliphatic heterocycles.